The van der Waals surface area contributed by atoms with E-state index >= 15 is 0 Å². The smallest absolute Gasteiger partial charge is 0.281 e. The van der Waals surface area contributed by atoms with Gasteiger partial charge in [0.25, 0.3) is 10.2 Å². The number of carbonyl (C=O) groups is 1. The predicted octanol–water partition coefficient (Wildman–Crippen LogP) is 0.0938. The quantitative estimate of drug-likeness (QED) is 0.695. The van der Waals surface area contributed by atoms with Crippen molar-refractivity contribution in [2.45, 2.75) is 19.8 Å². The van der Waals surface area contributed by atoms with Crippen LogP contribution in [0.3, 0.4) is 0 Å². The van der Waals surface area contributed by atoms with Crippen LogP contribution in [-0.2, 0) is 15.0 Å². The van der Waals surface area contributed by atoms with Gasteiger partial charge in [-0.1, -0.05) is 0 Å². The van der Waals surface area contributed by atoms with Crippen molar-refractivity contribution in [1.29, 1.82) is 0 Å². The minimum Gasteiger partial charge on any atom is -0.300 e. The van der Waals surface area contributed by atoms with Crippen LogP contribution < -0.4 is 0 Å². The van der Waals surface area contributed by atoms with E-state index in [0.29, 0.717) is 25.9 Å². The summed E-state index contributed by atoms with van der Waals surface area (Å²) in [7, 11) is -0.253. The van der Waals surface area contributed by atoms with Crippen LogP contribution in [0.25, 0.3) is 0 Å². The minimum absolute atomic E-state index is 0.0404. The Morgan fingerprint density at radius 2 is 1.73 bits per heavy atom. The summed E-state index contributed by atoms with van der Waals surface area (Å²) in [5.41, 5.74) is 0. The molecule has 1 heterocycles. The van der Waals surface area contributed by atoms with Crippen LogP contribution in [0.4, 0.5) is 0 Å². The lowest BCUT2D eigenvalue weighted by molar-refractivity contribution is -0.121. The van der Waals surface area contributed by atoms with E-state index in [1.165, 1.54) is 22.7 Å². The minimum atomic E-state index is -3.29. The number of carbonyl (C=O) groups excluding carboxylic acids is 1. The van der Waals surface area contributed by atoms with Gasteiger partial charge in [0.1, 0.15) is 5.78 Å². The maximum atomic E-state index is 11.7. The monoisotopic (exact) mass is 234 g/mol. The highest BCUT2D eigenvalue weighted by molar-refractivity contribution is 7.86. The van der Waals surface area contributed by atoms with Crippen molar-refractivity contribution in [3.63, 3.8) is 0 Å². The highest BCUT2D eigenvalue weighted by atomic mass is 32.2. The summed E-state index contributed by atoms with van der Waals surface area (Å²) >= 11 is 0. The van der Waals surface area contributed by atoms with E-state index in [-0.39, 0.29) is 11.7 Å². The molecule has 0 spiro atoms. The molecule has 15 heavy (non-hydrogen) atoms. The molecule has 1 aliphatic rings. The molecular weight excluding hydrogens is 216 g/mol. The summed E-state index contributed by atoms with van der Waals surface area (Å²) in [4.78, 5) is 11.1. The zero-order valence-corrected chi connectivity index (χ0v) is 10.2. The summed E-state index contributed by atoms with van der Waals surface area (Å²) in [5, 5.41) is 0. The maximum Gasteiger partial charge on any atom is 0.281 e. The Morgan fingerprint density at radius 1 is 1.27 bits per heavy atom. The van der Waals surface area contributed by atoms with Gasteiger partial charge in [0.2, 0.25) is 0 Å². The molecule has 0 aromatic heterocycles. The molecule has 0 unspecified atom stereocenters. The zero-order valence-electron chi connectivity index (χ0n) is 9.43. The molecule has 0 atom stereocenters. The van der Waals surface area contributed by atoms with Crippen LogP contribution in [0.15, 0.2) is 0 Å². The van der Waals surface area contributed by atoms with E-state index in [4.69, 9.17) is 0 Å². The van der Waals surface area contributed by atoms with Crippen LogP contribution in [0.5, 0.6) is 0 Å². The Morgan fingerprint density at radius 3 is 2.07 bits per heavy atom. The molecule has 1 fully saturated rings. The zero-order chi connectivity index (χ0) is 11.6. The Bertz CT molecular complexity index is 329. The van der Waals surface area contributed by atoms with Crippen LogP contribution in [0.2, 0.25) is 0 Å². The van der Waals surface area contributed by atoms with Crippen molar-refractivity contribution in [1.82, 2.24) is 8.61 Å². The Hall–Kier alpha value is -0.460. The second-order valence-electron chi connectivity index (χ2n) is 4.07. The molecule has 0 radical (unpaired) electrons. The van der Waals surface area contributed by atoms with E-state index in [9.17, 15) is 13.2 Å². The van der Waals surface area contributed by atoms with Gasteiger partial charge in [-0.3, -0.25) is 4.79 Å². The highest BCUT2D eigenvalue weighted by Gasteiger charge is 2.30. The van der Waals surface area contributed by atoms with Crippen LogP contribution in [-0.4, -0.2) is 50.0 Å². The first-order chi connectivity index (χ1) is 6.85. The summed E-state index contributed by atoms with van der Waals surface area (Å²) in [6.45, 7) is 2.47. The molecule has 1 aliphatic heterocycles. The standard InChI is InChI=1S/C9H18N2O3S/c1-8(12)9-4-6-11(7-5-9)15(13,14)10(2)3/h9H,4-7H2,1-3H3. The van der Waals surface area contributed by atoms with Gasteiger partial charge in [0.05, 0.1) is 0 Å². The van der Waals surface area contributed by atoms with Gasteiger partial charge in [0, 0.05) is 33.1 Å². The van der Waals surface area contributed by atoms with E-state index < -0.39 is 10.2 Å². The summed E-state index contributed by atoms with van der Waals surface area (Å²) in [6.07, 6.45) is 1.28. The van der Waals surface area contributed by atoms with E-state index in [1.54, 1.807) is 6.92 Å². The molecule has 6 heteroatoms. The molecule has 0 aromatic rings. The van der Waals surface area contributed by atoms with Crippen molar-refractivity contribution in [3.8, 4) is 0 Å². The first-order valence-electron chi connectivity index (χ1n) is 5.03. The predicted molar refractivity (Wildman–Crippen MR) is 57.6 cm³/mol. The van der Waals surface area contributed by atoms with Crippen molar-refractivity contribution < 1.29 is 13.2 Å². The topological polar surface area (TPSA) is 57.7 Å². The van der Waals surface area contributed by atoms with Gasteiger partial charge in [-0.25, -0.2) is 0 Å². The number of rotatable bonds is 3. The van der Waals surface area contributed by atoms with E-state index in [0.717, 1.165) is 0 Å². The van der Waals surface area contributed by atoms with Gasteiger partial charge in [-0.15, -0.1) is 0 Å². The molecular formula is C9H18N2O3S. The van der Waals surface area contributed by atoms with Gasteiger partial charge in [0.15, 0.2) is 0 Å². The van der Waals surface area contributed by atoms with Crippen molar-refractivity contribution in [2.75, 3.05) is 27.2 Å². The molecule has 5 nitrogen and oxygen atoms in total. The number of Topliss-reactive ketones (excluding diaryl/α,β-unsaturated/α-hetero) is 1. The van der Waals surface area contributed by atoms with Crippen molar-refractivity contribution in [2.24, 2.45) is 5.92 Å². The average Bonchev–Trinajstić information content (AvgIpc) is 2.17. The third-order valence-electron chi connectivity index (χ3n) is 2.82. The summed E-state index contributed by atoms with van der Waals surface area (Å²) in [5.74, 6) is 0.204. The molecule has 0 N–H and O–H groups in total. The molecule has 0 aliphatic carbocycles. The van der Waals surface area contributed by atoms with E-state index in [1.807, 2.05) is 0 Å². The molecule has 0 amide bonds. The fourth-order valence-corrected chi connectivity index (χ4v) is 2.86. The largest absolute Gasteiger partial charge is 0.300 e. The fourth-order valence-electron chi connectivity index (χ4n) is 1.72. The van der Waals surface area contributed by atoms with Gasteiger partial charge in [-0.05, 0) is 19.8 Å². The van der Waals surface area contributed by atoms with Crippen molar-refractivity contribution >= 4 is 16.0 Å². The SMILES string of the molecule is CC(=O)C1CCN(S(=O)(=O)N(C)C)CC1. The fraction of sp³-hybridized carbons (Fsp3) is 0.889. The summed E-state index contributed by atoms with van der Waals surface area (Å²) < 4.78 is 26.1. The molecule has 88 valence electrons. The summed E-state index contributed by atoms with van der Waals surface area (Å²) in [6, 6.07) is 0. The normalized spacial score (nSPS) is 20.8. The second kappa shape index (κ2) is 4.59. The first kappa shape index (κ1) is 12.6. The third-order valence-corrected chi connectivity index (χ3v) is 4.76. The number of hydrogen-bond donors (Lipinski definition) is 0. The maximum absolute atomic E-state index is 11.7. The molecule has 0 saturated carbocycles. The molecule has 0 aromatic carbocycles. The van der Waals surface area contributed by atoms with Crippen LogP contribution >= 0.6 is 0 Å². The first-order valence-corrected chi connectivity index (χ1v) is 6.43. The lowest BCUT2D eigenvalue weighted by Gasteiger charge is -2.31. The number of ketones is 1. The Balaban J connectivity index is 2.62. The highest BCUT2D eigenvalue weighted by Crippen LogP contribution is 2.20. The molecule has 0 bridgehead atoms. The number of hydrogen-bond acceptors (Lipinski definition) is 3. The second-order valence-corrected chi connectivity index (χ2v) is 6.22. The molecule has 1 rings (SSSR count). The Kier molecular flexibility index (Phi) is 3.86. The van der Waals surface area contributed by atoms with Crippen molar-refractivity contribution in [3.05, 3.63) is 0 Å². The lowest BCUT2D eigenvalue weighted by atomic mass is 9.95. The number of piperidine rings is 1. The van der Waals surface area contributed by atoms with Gasteiger partial charge >= 0.3 is 0 Å². The lowest BCUT2D eigenvalue weighted by Crippen LogP contribution is -2.45. The average molecular weight is 234 g/mol. The van der Waals surface area contributed by atoms with Gasteiger partial charge in [-0.2, -0.15) is 17.0 Å². The Labute approximate surface area is 91.2 Å². The van der Waals surface area contributed by atoms with Gasteiger partial charge < -0.3 is 0 Å². The van der Waals surface area contributed by atoms with Crippen LogP contribution in [0, 0.1) is 5.92 Å². The third kappa shape index (κ3) is 2.76. The number of nitrogens with zero attached hydrogens (tertiary/aromatic N) is 2. The van der Waals surface area contributed by atoms with Crippen LogP contribution in [0.1, 0.15) is 19.8 Å². The molecule has 1 saturated heterocycles. The van der Waals surface area contributed by atoms with E-state index in [2.05, 4.69) is 0 Å².